The summed E-state index contributed by atoms with van der Waals surface area (Å²) in [6.07, 6.45) is 1.44. The van der Waals surface area contributed by atoms with Crippen LogP contribution >= 0.6 is 0 Å². The van der Waals surface area contributed by atoms with Crippen LogP contribution in [0.1, 0.15) is 34.6 Å². The number of methoxy groups -OCH3 is 2. The first kappa shape index (κ1) is 25.7. The Morgan fingerprint density at radius 3 is 2.64 bits per heavy atom. The quantitative estimate of drug-likeness (QED) is 0.453. The van der Waals surface area contributed by atoms with Crippen molar-refractivity contribution >= 4 is 5.91 Å². The van der Waals surface area contributed by atoms with Crippen molar-refractivity contribution in [2.75, 3.05) is 33.9 Å². The molecule has 1 fully saturated rings. The van der Waals surface area contributed by atoms with E-state index in [-0.39, 0.29) is 23.6 Å². The number of nitrogens with zero attached hydrogens (tertiary/aromatic N) is 1. The summed E-state index contributed by atoms with van der Waals surface area (Å²) in [5.41, 5.74) is 3.93. The van der Waals surface area contributed by atoms with Gasteiger partial charge in [0.05, 0.1) is 20.1 Å². The van der Waals surface area contributed by atoms with Gasteiger partial charge in [-0.3, -0.25) is 9.69 Å². The van der Waals surface area contributed by atoms with E-state index in [0.717, 1.165) is 47.7 Å². The first-order valence-electron chi connectivity index (χ1n) is 12.5. The number of piperidine rings is 1. The number of benzene rings is 3. The zero-order valence-corrected chi connectivity index (χ0v) is 21.3. The Balaban J connectivity index is 1.47. The van der Waals surface area contributed by atoms with Crippen molar-refractivity contribution in [3.05, 3.63) is 94.8 Å². The molecule has 1 saturated heterocycles. The van der Waals surface area contributed by atoms with Gasteiger partial charge < -0.3 is 14.8 Å². The molecule has 3 aromatic rings. The number of ether oxygens (including phenoxy) is 2. The molecule has 0 bridgehead atoms. The standard InChI is InChI=1S/C30H35FN2O3/c1-21-15-24(11-12-28(21)31)25-17-26(20-33(19-25)18-22-7-6-9-27(16-22)35-2)30(34)32-14-13-23-8-4-5-10-29(23)36-3/h4-12,15-16,25-26H,13-14,17-20H2,1-3H3,(H,32,34). The molecule has 190 valence electrons. The Hall–Kier alpha value is -3.38. The highest BCUT2D eigenvalue weighted by molar-refractivity contribution is 5.79. The Kier molecular flexibility index (Phi) is 8.60. The summed E-state index contributed by atoms with van der Waals surface area (Å²) in [5, 5.41) is 3.15. The maximum absolute atomic E-state index is 13.9. The van der Waals surface area contributed by atoms with Gasteiger partial charge in [0.2, 0.25) is 5.91 Å². The van der Waals surface area contributed by atoms with Crippen LogP contribution in [-0.4, -0.2) is 44.7 Å². The maximum Gasteiger partial charge on any atom is 0.224 e. The molecule has 5 nitrogen and oxygen atoms in total. The van der Waals surface area contributed by atoms with Crippen LogP contribution in [-0.2, 0) is 17.8 Å². The van der Waals surface area contributed by atoms with Crippen molar-refractivity contribution in [1.82, 2.24) is 10.2 Å². The highest BCUT2D eigenvalue weighted by Crippen LogP contribution is 2.32. The van der Waals surface area contributed by atoms with Gasteiger partial charge in [0.15, 0.2) is 0 Å². The lowest BCUT2D eigenvalue weighted by molar-refractivity contribution is -0.127. The van der Waals surface area contributed by atoms with E-state index in [1.54, 1.807) is 21.1 Å². The summed E-state index contributed by atoms with van der Waals surface area (Å²) in [4.78, 5) is 15.6. The largest absolute Gasteiger partial charge is 0.497 e. The van der Waals surface area contributed by atoms with Gasteiger partial charge in [0.25, 0.3) is 0 Å². The highest BCUT2D eigenvalue weighted by atomic mass is 19.1. The van der Waals surface area contributed by atoms with Crippen molar-refractivity contribution in [2.45, 2.75) is 32.2 Å². The van der Waals surface area contributed by atoms with Crippen molar-refractivity contribution in [1.29, 1.82) is 0 Å². The van der Waals surface area contributed by atoms with E-state index in [0.29, 0.717) is 25.1 Å². The molecule has 0 radical (unpaired) electrons. The van der Waals surface area contributed by atoms with Crippen LogP contribution in [0.15, 0.2) is 66.7 Å². The second-order valence-electron chi connectivity index (χ2n) is 9.54. The van der Waals surface area contributed by atoms with Crippen LogP contribution in [0.25, 0.3) is 0 Å². The number of amides is 1. The SMILES string of the molecule is COc1cccc(CN2CC(C(=O)NCCc3ccccc3OC)CC(c3ccc(F)c(C)c3)C2)c1. The molecule has 6 heteroatoms. The topological polar surface area (TPSA) is 50.8 Å². The number of nitrogens with one attached hydrogen (secondary N) is 1. The van der Waals surface area contributed by atoms with Crippen molar-refractivity contribution in [3.63, 3.8) is 0 Å². The van der Waals surface area contributed by atoms with Crippen molar-refractivity contribution < 1.29 is 18.7 Å². The summed E-state index contributed by atoms with van der Waals surface area (Å²) in [7, 11) is 3.33. The number of rotatable bonds is 9. The summed E-state index contributed by atoms with van der Waals surface area (Å²) < 4.78 is 24.8. The summed E-state index contributed by atoms with van der Waals surface area (Å²) >= 11 is 0. The van der Waals surface area contributed by atoms with Crippen molar-refractivity contribution in [2.24, 2.45) is 5.92 Å². The van der Waals surface area contributed by atoms with E-state index in [9.17, 15) is 9.18 Å². The first-order chi connectivity index (χ1) is 17.5. The zero-order chi connectivity index (χ0) is 25.5. The lowest BCUT2D eigenvalue weighted by Crippen LogP contribution is -2.45. The van der Waals surface area contributed by atoms with Crippen LogP contribution in [0.2, 0.25) is 0 Å². The van der Waals surface area contributed by atoms with E-state index in [2.05, 4.69) is 16.3 Å². The lowest BCUT2D eigenvalue weighted by Gasteiger charge is -2.37. The molecule has 0 aromatic heterocycles. The van der Waals surface area contributed by atoms with Crippen LogP contribution in [0, 0.1) is 18.7 Å². The molecule has 1 N–H and O–H groups in total. The fourth-order valence-electron chi connectivity index (χ4n) is 5.08. The number of halogens is 1. The minimum Gasteiger partial charge on any atom is -0.497 e. The molecule has 1 aliphatic heterocycles. The van der Waals surface area contributed by atoms with Crippen LogP contribution in [0.3, 0.4) is 0 Å². The molecular formula is C30H35FN2O3. The van der Waals surface area contributed by atoms with Gasteiger partial charge in [0, 0.05) is 26.2 Å². The third-order valence-electron chi connectivity index (χ3n) is 6.98. The zero-order valence-electron chi connectivity index (χ0n) is 21.3. The number of aryl methyl sites for hydroxylation is 1. The normalized spacial score (nSPS) is 18.0. The number of carbonyl (C=O) groups is 1. The number of hydrogen-bond acceptors (Lipinski definition) is 4. The van der Waals surface area contributed by atoms with E-state index in [1.807, 2.05) is 54.6 Å². The van der Waals surface area contributed by atoms with Gasteiger partial charge in [-0.2, -0.15) is 0 Å². The molecule has 36 heavy (non-hydrogen) atoms. The van der Waals surface area contributed by atoms with Crippen LogP contribution in [0.5, 0.6) is 11.5 Å². The fourth-order valence-corrected chi connectivity index (χ4v) is 5.08. The minimum atomic E-state index is -0.201. The average Bonchev–Trinajstić information content (AvgIpc) is 2.90. The molecule has 0 saturated carbocycles. The second-order valence-corrected chi connectivity index (χ2v) is 9.54. The van der Waals surface area contributed by atoms with Gasteiger partial charge in [0.1, 0.15) is 17.3 Å². The highest BCUT2D eigenvalue weighted by Gasteiger charge is 2.32. The molecule has 3 aromatic carbocycles. The minimum absolute atomic E-state index is 0.0593. The predicted octanol–water partition coefficient (Wildman–Crippen LogP) is 5.12. The van der Waals surface area contributed by atoms with E-state index >= 15 is 0 Å². The van der Waals surface area contributed by atoms with E-state index in [1.165, 1.54) is 6.07 Å². The molecule has 4 rings (SSSR count). The van der Waals surface area contributed by atoms with Crippen molar-refractivity contribution in [3.8, 4) is 11.5 Å². The number of carbonyl (C=O) groups excluding carboxylic acids is 1. The fraction of sp³-hybridized carbons (Fsp3) is 0.367. The Morgan fingerprint density at radius 2 is 1.86 bits per heavy atom. The van der Waals surface area contributed by atoms with Gasteiger partial charge in [-0.15, -0.1) is 0 Å². The first-order valence-corrected chi connectivity index (χ1v) is 12.5. The average molecular weight is 491 g/mol. The van der Waals surface area contributed by atoms with Crippen LogP contribution in [0.4, 0.5) is 4.39 Å². The lowest BCUT2D eigenvalue weighted by atomic mass is 9.83. The monoisotopic (exact) mass is 490 g/mol. The summed E-state index contributed by atoms with van der Waals surface area (Å²) in [6, 6.07) is 21.2. The third-order valence-corrected chi connectivity index (χ3v) is 6.98. The number of likely N-dealkylation sites (tertiary alicyclic amines) is 1. The van der Waals surface area contributed by atoms with E-state index in [4.69, 9.17) is 9.47 Å². The Morgan fingerprint density at radius 1 is 1.03 bits per heavy atom. The van der Waals surface area contributed by atoms with Gasteiger partial charge in [-0.1, -0.05) is 42.5 Å². The smallest absolute Gasteiger partial charge is 0.224 e. The summed E-state index contributed by atoms with van der Waals surface area (Å²) in [5.74, 6) is 1.50. The molecule has 0 aliphatic carbocycles. The molecule has 1 aliphatic rings. The molecule has 1 heterocycles. The molecule has 2 unspecified atom stereocenters. The number of hydrogen-bond donors (Lipinski definition) is 1. The molecule has 2 atom stereocenters. The molecule has 0 spiro atoms. The number of para-hydroxylation sites is 1. The maximum atomic E-state index is 13.9. The van der Waals surface area contributed by atoms with Crippen LogP contribution < -0.4 is 14.8 Å². The second kappa shape index (κ2) is 12.0. The van der Waals surface area contributed by atoms with Gasteiger partial charge in [-0.05, 0) is 72.2 Å². The van der Waals surface area contributed by atoms with Gasteiger partial charge >= 0.3 is 0 Å². The molecule has 1 amide bonds. The third kappa shape index (κ3) is 6.43. The summed E-state index contributed by atoms with van der Waals surface area (Å²) in [6.45, 7) is 4.55. The molecular weight excluding hydrogens is 455 g/mol. The predicted molar refractivity (Wildman–Crippen MR) is 140 cm³/mol. The van der Waals surface area contributed by atoms with E-state index < -0.39 is 0 Å². The van der Waals surface area contributed by atoms with Gasteiger partial charge in [-0.25, -0.2) is 4.39 Å². The Labute approximate surface area is 213 Å². The Bertz CT molecular complexity index is 1180.